The van der Waals surface area contributed by atoms with Crippen LogP contribution in [0.3, 0.4) is 0 Å². The summed E-state index contributed by atoms with van der Waals surface area (Å²) in [4.78, 5) is 18.2. The Morgan fingerprint density at radius 2 is 1.89 bits per heavy atom. The molecule has 0 aliphatic heterocycles. The molecule has 2 aromatic heterocycles. The number of hydrogen-bond acceptors (Lipinski definition) is 6. The number of para-hydroxylation sites is 2. The van der Waals surface area contributed by atoms with Crippen molar-refractivity contribution in [3.8, 4) is 5.69 Å². The molecule has 0 unspecified atom stereocenters. The monoisotopic (exact) mass is 428 g/mol. The molecule has 0 saturated heterocycles. The third-order valence-corrected chi connectivity index (χ3v) is 6.33. The second kappa shape index (κ2) is 8.03. The zero-order chi connectivity index (χ0) is 19.7. The van der Waals surface area contributed by atoms with Crippen LogP contribution >= 0.6 is 34.9 Å². The van der Waals surface area contributed by atoms with E-state index in [1.807, 2.05) is 42.5 Å². The molecule has 0 saturated carbocycles. The molecule has 0 aliphatic carbocycles. The summed E-state index contributed by atoms with van der Waals surface area (Å²) < 4.78 is 6.14. The molecular formula is C20H17ClN4OS2. The molecule has 5 nitrogen and oxygen atoms in total. The third-order valence-electron chi connectivity index (χ3n) is 4.39. The summed E-state index contributed by atoms with van der Waals surface area (Å²) in [5, 5.41) is 5.27. The van der Waals surface area contributed by atoms with Crippen LogP contribution in [0.1, 0.15) is 31.0 Å². The van der Waals surface area contributed by atoms with Crippen LogP contribution in [0, 0.1) is 0 Å². The summed E-state index contributed by atoms with van der Waals surface area (Å²) in [5.41, 5.74) is 3.24. The summed E-state index contributed by atoms with van der Waals surface area (Å²) in [5.74, 6) is 0.758. The lowest BCUT2D eigenvalue weighted by Gasteiger charge is -2.18. The highest BCUT2D eigenvalue weighted by atomic mass is 35.5. The lowest BCUT2D eigenvalue weighted by Crippen LogP contribution is -2.23. The Bertz CT molecular complexity index is 1200. The van der Waals surface area contributed by atoms with E-state index in [9.17, 15) is 4.79 Å². The Labute approximate surface area is 175 Å². The number of thioether (sulfide) groups is 1. The van der Waals surface area contributed by atoms with Crippen molar-refractivity contribution in [1.29, 1.82) is 0 Å². The molecule has 2 aromatic carbocycles. The Morgan fingerprint density at radius 1 is 1.14 bits per heavy atom. The summed E-state index contributed by atoms with van der Waals surface area (Å²) in [6, 6.07) is 15.4. The first-order valence-corrected chi connectivity index (χ1v) is 10.9. The van der Waals surface area contributed by atoms with E-state index in [0.717, 1.165) is 22.8 Å². The molecule has 8 heteroatoms. The predicted molar refractivity (Wildman–Crippen MR) is 116 cm³/mol. The minimum Gasteiger partial charge on any atom is -0.268 e. The second-order valence-electron chi connectivity index (χ2n) is 6.55. The van der Waals surface area contributed by atoms with Gasteiger partial charge in [0.25, 0.3) is 5.56 Å². The van der Waals surface area contributed by atoms with E-state index < -0.39 is 0 Å². The van der Waals surface area contributed by atoms with Crippen molar-refractivity contribution in [1.82, 2.24) is 19.1 Å². The summed E-state index contributed by atoms with van der Waals surface area (Å²) >= 11 is 8.74. The second-order valence-corrected chi connectivity index (χ2v) is 8.85. The highest BCUT2D eigenvalue weighted by molar-refractivity contribution is 7.98. The molecule has 0 fully saturated rings. The molecule has 142 valence electrons. The van der Waals surface area contributed by atoms with Crippen LogP contribution in [0.15, 0.2) is 58.5 Å². The van der Waals surface area contributed by atoms with Gasteiger partial charge < -0.3 is 0 Å². The van der Waals surface area contributed by atoms with Gasteiger partial charge in [-0.2, -0.15) is 0 Å². The van der Waals surface area contributed by atoms with Crippen molar-refractivity contribution in [2.45, 2.75) is 30.7 Å². The maximum atomic E-state index is 13.4. The highest BCUT2D eigenvalue weighted by Crippen LogP contribution is 2.30. The van der Waals surface area contributed by atoms with Gasteiger partial charge in [-0.15, -0.1) is 5.10 Å². The molecule has 2 heterocycles. The van der Waals surface area contributed by atoms with Gasteiger partial charge >= 0.3 is 0 Å². The minimum absolute atomic E-state index is 0.0799. The quantitative estimate of drug-likeness (QED) is 0.318. The third kappa shape index (κ3) is 3.57. The van der Waals surface area contributed by atoms with Crippen LogP contribution in [0.5, 0.6) is 0 Å². The molecule has 0 N–H and O–H groups in total. The van der Waals surface area contributed by atoms with Crippen molar-refractivity contribution >= 4 is 45.8 Å². The fourth-order valence-corrected chi connectivity index (χ4v) is 4.76. The van der Waals surface area contributed by atoms with Crippen molar-refractivity contribution in [2.75, 3.05) is 0 Å². The summed E-state index contributed by atoms with van der Waals surface area (Å²) in [6.45, 7) is 4.23. The van der Waals surface area contributed by atoms with E-state index in [4.69, 9.17) is 16.6 Å². The fourth-order valence-electron chi connectivity index (χ4n) is 3.02. The molecule has 0 bridgehead atoms. The van der Waals surface area contributed by atoms with Crippen LogP contribution in [0.25, 0.3) is 16.6 Å². The van der Waals surface area contributed by atoms with Crippen LogP contribution in [-0.4, -0.2) is 19.1 Å². The maximum Gasteiger partial charge on any atom is 0.266 e. The Hall–Kier alpha value is -2.22. The van der Waals surface area contributed by atoms with Crippen LogP contribution in [0.4, 0.5) is 0 Å². The molecule has 4 rings (SSSR count). The van der Waals surface area contributed by atoms with Crippen molar-refractivity contribution < 1.29 is 0 Å². The largest absolute Gasteiger partial charge is 0.268 e. The fraction of sp³-hybridized carbons (Fsp3) is 0.200. The van der Waals surface area contributed by atoms with Gasteiger partial charge in [0, 0.05) is 17.3 Å². The van der Waals surface area contributed by atoms with Crippen LogP contribution in [0.2, 0.25) is 4.34 Å². The summed E-state index contributed by atoms with van der Waals surface area (Å²) in [7, 11) is 0. The molecule has 28 heavy (non-hydrogen) atoms. The number of nitrogens with zero attached hydrogens (tertiary/aromatic N) is 4. The molecule has 0 aliphatic rings. The van der Waals surface area contributed by atoms with Crippen LogP contribution in [-0.2, 0) is 5.75 Å². The number of rotatable bonds is 5. The van der Waals surface area contributed by atoms with Crippen molar-refractivity contribution in [3.05, 3.63) is 74.5 Å². The molecule has 4 aromatic rings. The van der Waals surface area contributed by atoms with Crippen LogP contribution < -0.4 is 5.56 Å². The van der Waals surface area contributed by atoms with Gasteiger partial charge in [0.2, 0.25) is 0 Å². The van der Waals surface area contributed by atoms with Gasteiger partial charge in [-0.3, -0.25) is 9.36 Å². The number of hydrogen-bond donors (Lipinski definition) is 0. The molecular weight excluding hydrogens is 412 g/mol. The van der Waals surface area contributed by atoms with Gasteiger partial charge in [0.05, 0.1) is 16.6 Å². The van der Waals surface area contributed by atoms with E-state index >= 15 is 0 Å². The lowest BCUT2D eigenvalue weighted by atomic mass is 10.0. The first-order chi connectivity index (χ1) is 13.6. The Balaban J connectivity index is 1.92. The summed E-state index contributed by atoms with van der Waals surface area (Å²) in [6.07, 6.45) is 0. The zero-order valence-corrected chi connectivity index (χ0v) is 17.7. The average Bonchev–Trinajstić information content (AvgIpc) is 3.11. The predicted octanol–water partition coefficient (Wildman–Crippen LogP) is 5.31. The first kappa shape index (κ1) is 19.1. The molecule has 0 amide bonds. The van der Waals surface area contributed by atoms with E-state index in [0.29, 0.717) is 31.8 Å². The first-order valence-electron chi connectivity index (χ1n) is 8.77. The molecule has 0 spiro atoms. The van der Waals surface area contributed by atoms with Gasteiger partial charge in [-0.1, -0.05) is 72.0 Å². The lowest BCUT2D eigenvalue weighted by molar-refractivity contribution is 0.780. The van der Waals surface area contributed by atoms with Gasteiger partial charge in [-0.25, -0.2) is 4.98 Å². The number of benzene rings is 2. The van der Waals surface area contributed by atoms with E-state index in [1.54, 1.807) is 4.57 Å². The smallest absolute Gasteiger partial charge is 0.266 e. The average molecular weight is 429 g/mol. The van der Waals surface area contributed by atoms with E-state index in [2.05, 4.69) is 29.5 Å². The molecule has 0 atom stereocenters. The highest BCUT2D eigenvalue weighted by Gasteiger charge is 2.18. The van der Waals surface area contributed by atoms with E-state index in [-0.39, 0.29) is 11.5 Å². The normalized spacial score (nSPS) is 11.4. The number of fused-ring (bicyclic) bond motifs is 1. The van der Waals surface area contributed by atoms with Gasteiger partial charge in [-0.05, 0) is 29.7 Å². The van der Waals surface area contributed by atoms with Gasteiger partial charge in [0.1, 0.15) is 10.0 Å². The number of aromatic nitrogens is 4. The Morgan fingerprint density at radius 3 is 2.64 bits per heavy atom. The maximum absolute atomic E-state index is 13.4. The zero-order valence-electron chi connectivity index (χ0n) is 15.3. The van der Waals surface area contributed by atoms with Crippen molar-refractivity contribution in [3.63, 3.8) is 0 Å². The van der Waals surface area contributed by atoms with Gasteiger partial charge in [0.15, 0.2) is 5.16 Å². The van der Waals surface area contributed by atoms with Crippen molar-refractivity contribution in [2.24, 2.45) is 0 Å². The van der Waals surface area contributed by atoms with E-state index in [1.165, 1.54) is 11.8 Å². The standard InChI is InChI=1S/C20H17ClN4OS2/c1-12(2)13-7-4-6-10-17(13)25-19(26)14-8-3-5-9-15(14)22-20(25)27-11-16-18(21)28-24-23-16/h3-10,12H,11H2,1-2H3. The topological polar surface area (TPSA) is 60.7 Å². The SMILES string of the molecule is CC(C)c1ccccc1-n1c(SCc2nnsc2Cl)nc2ccccc2c1=O. The Kier molecular flexibility index (Phi) is 5.48. The molecule has 0 radical (unpaired) electrons. The minimum atomic E-state index is -0.0799. The number of halogens is 1.